The molecule has 2 atom stereocenters. The Bertz CT molecular complexity index is 621. The number of benzene rings is 1. The number of aromatic nitrogens is 2. The highest BCUT2D eigenvalue weighted by molar-refractivity contribution is 7.97. The van der Waals surface area contributed by atoms with Crippen molar-refractivity contribution in [2.24, 2.45) is 0 Å². The lowest BCUT2D eigenvalue weighted by Gasteiger charge is -2.32. The molecule has 118 valence electrons. The molecule has 2 heterocycles. The summed E-state index contributed by atoms with van der Waals surface area (Å²) in [4.78, 5) is 6.76. The zero-order chi connectivity index (χ0) is 15.5. The van der Waals surface area contributed by atoms with E-state index in [0.29, 0.717) is 11.7 Å². The van der Waals surface area contributed by atoms with Crippen LogP contribution in [0.15, 0.2) is 28.8 Å². The highest BCUT2D eigenvalue weighted by Gasteiger charge is 2.28. The van der Waals surface area contributed by atoms with Crippen LogP contribution in [0.3, 0.4) is 0 Å². The third kappa shape index (κ3) is 3.51. The Morgan fingerprint density at radius 2 is 2.23 bits per heavy atom. The van der Waals surface area contributed by atoms with E-state index >= 15 is 0 Å². The molecule has 1 aromatic carbocycles. The third-order valence-corrected chi connectivity index (χ3v) is 4.28. The summed E-state index contributed by atoms with van der Waals surface area (Å²) in [7, 11) is 2.08. The minimum Gasteiger partial charge on any atom is -0.363 e. The second-order valence-corrected chi connectivity index (χ2v) is 6.61. The summed E-state index contributed by atoms with van der Waals surface area (Å²) >= 11 is 1.80. The SMILES string of the molecule is CSCc1cccc(-c2noc([C@@H]3CN(C)C[C@H](C)O3)n2)c1. The lowest BCUT2D eigenvalue weighted by atomic mass is 10.1. The topological polar surface area (TPSA) is 51.4 Å². The smallest absolute Gasteiger partial charge is 0.257 e. The molecule has 0 bridgehead atoms. The molecule has 6 heteroatoms. The van der Waals surface area contributed by atoms with Crippen molar-refractivity contribution in [2.75, 3.05) is 26.4 Å². The van der Waals surface area contributed by atoms with E-state index in [-0.39, 0.29) is 12.2 Å². The minimum atomic E-state index is -0.149. The van der Waals surface area contributed by atoms with Crippen molar-refractivity contribution >= 4 is 11.8 Å². The molecule has 1 aliphatic rings. The predicted molar refractivity (Wildman–Crippen MR) is 87.7 cm³/mol. The van der Waals surface area contributed by atoms with Crippen molar-refractivity contribution in [3.8, 4) is 11.4 Å². The van der Waals surface area contributed by atoms with Gasteiger partial charge in [-0.1, -0.05) is 23.4 Å². The van der Waals surface area contributed by atoms with Gasteiger partial charge in [-0.25, -0.2) is 0 Å². The number of nitrogens with zero attached hydrogens (tertiary/aromatic N) is 3. The average Bonchev–Trinajstić information content (AvgIpc) is 2.97. The van der Waals surface area contributed by atoms with E-state index in [2.05, 4.69) is 47.4 Å². The second kappa shape index (κ2) is 6.81. The highest BCUT2D eigenvalue weighted by Crippen LogP contribution is 2.26. The second-order valence-electron chi connectivity index (χ2n) is 5.75. The van der Waals surface area contributed by atoms with Gasteiger partial charge in [-0.15, -0.1) is 0 Å². The van der Waals surface area contributed by atoms with Gasteiger partial charge in [-0.05, 0) is 31.9 Å². The standard InChI is InChI=1S/C16H21N3O2S/c1-11-8-19(2)9-14(20-11)16-17-15(18-21-16)13-6-4-5-12(7-13)10-22-3/h4-7,11,14H,8-10H2,1-3H3/t11-,14-/m0/s1. The molecule has 0 aliphatic carbocycles. The van der Waals surface area contributed by atoms with Crippen LogP contribution in [-0.2, 0) is 10.5 Å². The van der Waals surface area contributed by atoms with Crippen molar-refractivity contribution in [3.05, 3.63) is 35.7 Å². The lowest BCUT2D eigenvalue weighted by molar-refractivity contribution is -0.0838. The van der Waals surface area contributed by atoms with Gasteiger partial charge in [-0.3, -0.25) is 0 Å². The molecule has 1 fully saturated rings. The summed E-state index contributed by atoms with van der Waals surface area (Å²) in [6.07, 6.45) is 2.12. The predicted octanol–water partition coefficient (Wildman–Crippen LogP) is 2.99. The molecule has 2 aromatic rings. The summed E-state index contributed by atoms with van der Waals surface area (Å²) in [5, 5.41) is 4.12. The van der Waals surface area contributed by atoms with Crippen LogP contribution in [0.4, 0.5) is 0 Å². The van der Waals surface area contributed by atoms with E-state index in [1.807, 2.05) is 12.1 Å². The maximum absolute atomic E-state index is 5.91. The van der Waals surface area contributed by atoms with Gasteiger partial charge in [0.25, 0.3) is 5.89 Å². The van der Waals surface area contributed by atoms with E-state index in [4.69, 9.17) is 9.26 Å². The number of hydrogen-bond donors (Lipinski definition) is 0. The summed E-state index contributed by atoms with van der Waals surface area (Å²) < 4.78 is 11.4. The minimum absolute atomic E-state index is 0.149. The molecule has 0 saturated carbocycles. The number of hydrogen-bond acceptors (Lipinski definition) is 6. The van der Waals surface area contributed by atoms with Crippen molar-refractivity contribution in [1.29, 1.82) is 0 Å². The Labute approximate surface area is 135 Å². The first-order valence-electron chi connectivity index (χ1n) is 7.41. The third-order valence-electron chi connectivity index (χ3n) is 3.66. The van der Waals surface area contributed by atoms with Crippen LogP contribution in [0.5, 0.6) is 0 Å². The molecule has 0 N–H and O–H groups in total. The number of morpholine rings is 1. The fourth-order valence-electron chi connectivity index (χ4n) is 2.75. The lowest BCUT2D eigenvalue weighted by Crippen LogP contribution is -2.40. The summed E-state index contributed by atoms with van der Waals surface area (Å²) in [6.45, 7) is 3.76. The molecule has 0 radical (unpaired) electrons. The number of likely N-dealkylation sites (N-methyl/N-ethyl adjacent to an activating group) is 1. The molecule has 22 heavy (non-hydrogen) atoms. The molecule has 1 aliphatic heterocycles. The van der Waals surface area contributed by atoms with Gasteiger partial charge < -0.3 is 14.2 Å². The van der Waals surface area contributed by atoms with E-state index < -0.39 is 0 Å². The van der Waals surface area contributed by atoms with Gasteiger partial charge in [-0.2, -0.15) is 16.7 Å². The van der Waals surface area contributed by atoms with Crippen LogP contribution < -0.4 is 0 Å². The van der Waals surface area contributed by atoms with Gasteiger partial charge in [0.1, 0.15) is 6.10 Å². The first kappa shape index (κ1) is 15.5. The Morgan fingerprint density at radius 1 is 1.36 bits per heavy atom. The van der Waals surface area contributed by atoms with Crippen LogP contribution in [-0.4, -0.2) is 47.5 Å². The number of rotatable bonds is 4. The summed E-state index contributed by atoms with van der Waals surface area (Å²) in [6, 6.07) is 8.27. The van der Waals surface area contributed by atoms with Gasteiger partial charge in [0.05, 0.1) is 6.10 Å². The van der Waals surface area contributed by atoms with E-state index in [1.165, 1.54) is 5.56 Å². The molecule has 0 spiro atoms. The normalized spacial score (nSPS) is 22.9. The zero-order valence-corrected chi connectivity index (χ0v) is 14.0. The van der Waals surface area contributed by atoms with E-state index in [0.717, 1.165) is 24.4 Å². The molecule has 1 aromatic heterocycles. The Balaban J connectivity index is 1.80. The van der Waals surface area contributed by atoms with Crippen LogP contribution in [0.25, 0.3) is 11.4 Å². The van der Waals surface area contributed by atoms with Crippen LogP contribution in [0.2, 0.25) is 0 Å². The van der Waals surface area contributed by atoms with Gasteiger partial charge >= 0.3 is 0 Å². The van der Waals surface area contributed by atoms with Crippen LogP contribution >= 0.6 is 11.8 Å². The largest absolute Gasteiger partial charge is 0.363 e. The van der Waals surface area contributed by atoms with Crippen molar-refractivity contribution < 1.29 is 9.26 Å². The maximum Gasteiger partial charge on any atom is 0.257 e. The zero-order valence-electron chi connectivity index (χ0n) is 13.2. The molecule has 0 amide bonds. The molecular weight excluding hydrogens is 298 g/mol. The Hall–Kier alpha value is -1.37. The molecular formula is C16H21N3O2S. The van der Waals surface area contributed by atoms with E-state index in [9.17, 15) is 0 Å². The molecule has 5 nitrogen and oxygen atoms in total. The summed E-state index contributed by atoms with van der Waals surface area (Å²) in [5.41, 5.74) is 2.25. The van der Waals surface area contributed by atoms with Crippen molar-refractivity contribution in [2.45, 2.75) is 24.9 Å². The average molecular weight is 319 g/mol. The van der Waals surface area contributed by atoms with Crippen LogP contribution in [0, 0.1) is 0 Å². The summed E-state index contributed by atoms with van der Waals surface area (Å²) in [5.74, 6) is 2.16. The van der Waals surface area contributed by atoms with Gasteiger partial charge in [0.15, 0.2) is 0 Å². The van der Waals surface area contributed by atoms with Gasteiger partial charge in [0.2, 0.25) is 5.82 Å². The van der Waals surface area contributed by atoms with Crippen molar-refractivity contribution in [1.82, 2.24) is 15.0 Å². The Morgan fingerprint density at radius 3 is 3.00 bits per heavy atom. The quantitative estimate of drug-likeness (QED) is 0.863. The Kier molecular flexibility index (Phi) is 4.81. The fraction of sp³-hybridized carbons (Fsp3) is 0.500. The molecule has 0 unspecified atom stereocenters. The first-order valence-corrected chi connectivity index (χ1v) is 8.81. The van der Waals surface area contributed by atoms with E-state index in [1.54, 1.807) is 11.8 Å². The fourth-order valence-corrected chi connectivity index (χ4v) is 3.26. The van der Waals surface area contributed by atoms with Crippen molar-refractivity contribution in [3.63, 3.8) is 0 Å². The highest BCUT2D eigenvalue weighted by atomic mass is 32.2. The van der Waals surface area contributed by atoms with Gasteiger partial charge in [0, 0.05) is 24.4 Å². The molecule has 1 saturated heterocycles. The maximum atomic E-state index is 5.91. The monoisotopic (exact) mass is 319 g/mol. The van der Waals surface area contributed by atoms with Crippen LogP contribution in [0.1, 0.15) is 24.5 Å². The first-order chi connectivity index (χ1) is 10.7. The molecule has 3 rings (SSSR count). The number of ether oxygens (including phenoxy) is 1. The number of thioether (sulfide) groups is 1.